The van der Waals surface area contributed by atoms with E-state index in [9.17, 15) is 0 Å². The van der Waals surface area contributed by atoms with Gasteiger partial charge >= 0.3 is 0 Å². The minimum absolute atomic E-state index is 0.477. The highest BCUT2D eigenvalue weighted by Crippen LogP contribution is 2.20. The Balaban J connectivity index is 1.55. The van der Waals surface area contributed by atoms with Crippen LogP contribution in [0.2, 0.25) is 0 Å². The third-order valence-electron chi connectivity index (χ3n) is 4.55. The van der Waals surface area contributed by atoms with Crippen molar-refractivity contribution in [1.82, 2.24) is 10.6 Å². The summed E-state index contributed by atoms with van der Waals surface area (Å²) in [5.41, 5.74) is 1.32. The minimum atomic E-state index is 0.477. The molecule has 1 atom stereocenters. The number of benzene rings is 1. The molecule has 0 aromatic heterocycles. The van der Waals surface area contributed by atoms with Crippen LogP contribution in [0, 0.1) is 0 Å². The third-order valence-corrected chi connectivity index (χ3v) is 4.55. The summed E-state index contributed by atoms with van der Waals surface area (Å²) < 4.78 is 0. The summed E-state index contributed by atoms with van der Waals surface area (Å²) in [4.78, 5) is 6.85. The molecular weight excluding hydrogens is 260 g/mol. The molecule has 1 unspecified atom stereocenters. The molecule has 2 aliphatic rings. The first kappa shape index (κ1) is 14.2. The van der Waals surface area contributed by atoms with Crippen molar-refractivity contribution in [3.05, 3.63) is 30.3 Å². The number of anilines is 1. The molecule has 4 heteroatoms. The van der Waals surface area contributed by atoms with E-state index < -0.39 is 0 Å². The molecule has 1 aromatic rings. The van der Waals surface area contributed by atoms with E-state index in [0.717, 1.165) is 19.0 Å². The number of para-hydroxylation sites is 1. The highest BCUT2D eigenvalue weighted by Gasteiger charge is 2.23. The average molecular weight is 286 g/mol. The van der Waals surface area contributed by atoms with Crippen LogP contribution < -0.4 is 15.5 Å². The molecule has 0 radical (unpaired) electrons. The lowest BCUT2D eigenvalue weighted by Crippen LogP contribution is -2.54. The van der Waals surface area contributed by atoms with Gasteiger partial charge in [-0.15, -0.1) is 0 Å². The lowest BCUT2D eigenvalue weighted by Gasteiger charge is -2.36. The summed E-state index contributed by atoms with van der Waals surface area (Å²) in [6.45, 7) is 2.20. The summed E-state index contributed by atoms with van der Waals surface area (Å²) in [5, 5.41) is 7.13. The van der Waals surface area contributed by atoms with E-state index in [1.165, 1.54) is 37.8 Å². The van der Waals surface area contributed by atoms with E-state index in [2.05, 4.69) is 50.9 Å². The van der Waals surface area contributed by atoms with Gasteiger partial charge in [0.1, 0.15) is 0 Å². The molecule has 0 bridgehead atoms. The molecule has 0 spiro atoms. The summed E-state index contributed by atoms with van der Waals surface area (Å²) in [6.07, 6.45) is 6.35. The standard InChI is InChI=1S/C17H26N4/c1-18-17(19-14-7-5-8-14)20-15-9-6-12-21(13-15)16-10-3-2-4-11-16/h2-4,10-11,14-15H,5-9,12-13H2,1H3,(H2,18,19,20). The second kappa shape index (κ2) is 6.83. The SMILES string of the molecule is CN=C(NC1CCC1)NC1CCCN(c2ccccc2)C1. The van der Waals surface area contributed by atoms with Crippen LogP contribution in [0.1, 0.15) is 32.1 Å². The van der Waals surface area contributed by atoms with E-state index in [-0.39, 0.29) is 0 Å². The van der Waals surface area contributed by atoms with Gasteiger partial charge in [-0.05, 0) is 44.2 Å². The van der Waals surface area contributed by atoms with Crippen LogP contribution in [-0.2, 0) is 0 Å². The normalized spacial score (nSPS) is 23.6. The largest absolute Gasteiger partial charge is 0.369 e. The van der Waals surface area contributed by atoms with Crippen molar-refractivity contribution in [2.24, 2.45) is 4.99 Å². The Morgan fingerprint density at radius 2 is 1.76 bits per heavy atom. The molecule has 1 saturated heterocycles. The second-order valence-corrected chi connectivity index (χ2v) is 6.11. The fourth-order valence-corrected chi connectivity index (χ4v) is 3.08. The molecule has 1 aromatic carbocycles. The molecule has 4 nitrogen and oxygen atoms in total. The Kier molecular flexibility index (Phi) is 4.63. The number of rotatable bonds is 3. The van der Waals surface area contributed by atoms with Crippen molar-refractivity contribution < 1.29 is 0 Å². The number of hydrogen-bond donors (Lipinski definition) is 2. The van der Waals surface area contributed by atoms with Gasteiger partial charge in [-0.3, -0.25) is 4.99 Å². The Morgan fingerprint density at radius 3 is 2.43 bits per heavy atom. The fourth-order valence-electron chi connectivity index (χ4n) is 3.08. The molecule has 2 fully saturated rings. The summed E-state index contributed by atoms with van der Waals surface area (Å²) in [6, 6.07) is 11.8. The van der Waals surface area contributed by atoms with Gasteiger partial charge in [0, 0.05) is 37.9 Å². The van der Waals surface area contributed by atoms with Gasteiger partial charge < -0.3 is 15.5 Å². The van der Waals surface area contributed by atoms with E-state index in [1.807, 2.05) is 7.05 Å². The van der Waals surface area contributed by atoms with Gasteiger partial charge in [-0.1, -0.05) is 18.2 Å². The van der Waals surface area contributed by atoms with Crippen molar-refractivity contribution in [3.8, 4) is 0 Å². The maximum atomic E-state index is 4.38. The van der Waals surface area contributed by atoms with Crippen LogP contribution >= 0.6 is 0 Å². The molecule has 1 heterocycles. The highest BCUT2D eigenvalue weighted by atomic mass is 15.2. The minimum Gasteiger partial charge on any atom is -0.369 e. The van der Waals surface area contributed by atoms with Crippen molar-refractivity contribution in [1.29, 1.82) is 0 Å². The van der Waals surface area contributed by atoms with Crippen LogP contribution in [0.3, 0.4) is 0 Å². The monoisotopic (exact) mass is 286 g/mol. The van der Waals surface area contributed by atoms with Crippen LogP contribution in [0.25, 0.3) is 0 Å². The predicted molar refractivity (Wildman–Crippen MR) is 88.9 cm³/mol. The van der Waals surface area contributed by atoms with E-state index >= 15 is 0 Å². The zero-order chi connectivity index (χ0) is 14.5. The first-order valence-corrected chi connectivity index (χ1v) is 8.15. The lowest BCUT2D eigenvalue weighted by molar-refractivity contribution is 0.375. The van der Waals surface area contributed by atoms with Gasteiger partial charge in [-0.2, -0.15) is 0 Å². The summed E-state index contributed by atoms with van der Waals surface area (Å²) in [5.74, 6) is 0.972. The maximum absolute atomic E-state index is 4.38. The third kappa shape index (κ3) is 3.69. The Bertz CT molecular complexity index is 467. The number of nitrogens with zero attached hydrogens (tertiary/aromatic N) is 2. The first-order chi connectivity index (χ1) is 10.3. The average Bonchev–Trinajstić information content (AvgIpc) is 2.51. The molecule has 3 rings (SSSR count). The van der Waals surface area contributed by atoms with Gasteiger partial charge in [0.2, 0.25) is 0 Å². The summed E-state index contributed by atoms with van der Waals surface area (Å²) >= 11 is 0. The Hall–Kier alpha value is -1.71. The number of guanidine groups is 1. The Morgan fingerprint density at radius 1 is 1.05 bits per heavy atom. The van der Waals surface area contributed by atoms with Crippen LogP contribution in [0.4, 0.5) is 5.69 Å². The zero-order valence-electron chi connectivity index (χ0n) is 12.9. The van der Waals surface area contributed by atoms with Crippen molar-refractivity contribution in [2.75, 3.05) is 25.0 Å². The van der Waals surface area contributed by atoms with Crippen LogP contribution in [0.5, 0.6) is 0 Å². The topological polar surface area (TPSA) is 39.7 Å². The molecule has 1 saturated carbocycles. The van der Waals surface area contributed by atoms with Crippen molar-refractivity contribution in [2.45, 2.75) is 44.2 Å². The zero-order valence-corrected chi connectivity index (χ0v) is 12.9. The second-order valence-electron chi connectivity index (χ2n) is 6.11. The molecule has 114 valence electrons. The maximum Gasteiger partial charge on any atom is 0.191 e. The van der Waals surface area contributed by atoms with Gasteiger partial charge in [0.05, 0.1) is 0 Å². The number of aliphatic imine (C=N–C) groups is 1. The number of piperidine rings is 1. The molecule has 21 heavy (non-hydrogen) atoms. The molecule has 1 aliphatic heterocycles. The van der Waals surface area contributed by atoms with Crippen molar-refractivity contribution >= 4 is 11.6 Å². The van der Waals surface area contributed by atoms with Crippen molar-refractivity contribution in [3.63, 3.8) is 0 Å². The van der Waals surface area contributed by atoms with Gasteiger partial charge in [-0.25, -0.2) is 0 Å². The fraction of sp³-hybridized carbons (Fsp3) is 0.588. The van der Waals surface area contributed by atoms with Crippen LogP contribution in [-0.4, -0.2) is 38.2 Å². The quantitative estimate of drug-likeness (QED) is 0.662. The number of hydrogen-bond acceptors (Lipinski definition) is 2. The molecule has 1 aliphatic carbocycles. The van der Waals surface area contributed by atoms with E-state index in [4.69, 9.17) is 0 Å². The molecule has 0 amide bonds. The lowest BCUT2D eigenvalue weighted by atomic mass is 9.93. The summed E-state index contributed by atoms with van der Waals surface area (Å²) in [7, 11) is 1.87. The molecule has 2 N–H and O–H groups in total. The smallest absolute Gasteiger partial charge is 0.191 e. The Labute approximate surface area is 127 Å². The van der Waals surface area contributed by atoms with E-state index in [1.54, 1.807) is 0 Å². The highest BCUT2D eigenvalue weighted by molar-refractivity contribution is 5.80. The first-order valence-electron chi connectivity index (χ1n) is 8.15. The van der Waals surface area contributed by atoms with Gasteiger partial charge in [0.15, 0.2) is 5.96 Å². The number of nitrogens with one attached hydrogen (secondary N) is 2. The van der Waals surface area contributed by atoms with Gasteiger partial charge in [0.25, 0.3) is 0 Å². The molecular formula is C17H26N4. The van der Waals surface area contributed by atoms with Crippen LogP contribution in [0.15, 0.2) is 35.3 Å². The van der Waals surface area contributed by atoms with E-state index in [0.29, 0.717) is 12.1 Å². The predicted octanol–water partition coefficient (Wildman–Crippen LogP) is 2.37.